The number of ether oxygens (including phenoxy) is 1. The molecular weight excluding hydrogens is 252 g/mol. The van der Waals surface area contributed by atoms with Crippen molar-refractivity contribution < 1.29 is 19.6 Å². The van der Waals surface area contributed by atoms with Gasteiger partial charge < -0.3 is 15.2 Å². The molecule has 0 fully saturated rings. The molecule has 7 nitrogen and oxygen atoms in total. The molecule has 1 unspecified atom stereocenters. The molecule has 1 aromatic carbocycles. The van der Waals surface area contributed by atoms with Gasteiger partial charge in [0.05, 0.1) is 17.1 Å². The third-order valence-electron chi connectivity index (χ3n) is 2.53. The number of nitro benzene ring substituents is 1. The molecule has 0 spiro atoms. The van der Waals surface area contributed by atoms with Crippen molar-refractivity contribution in [2.45, 2.75) is 6.92 Å². The summed E-state index contributed by atoms with van der Waals surface area (Å²) >= 11 is 0. The van der Waals surface area contributed by atoms with Crippen molar-refractivity contribution in [3.8, 4) is 0 Å². The summed E-state index contributed by atoms with van der Waals surface area (Å²) in [5, 5.41) is 22.7. The quantitative estimate of drug-likeness (QED) is 0.579. The predicted molar refractivity (Wildman–Crippen MR) is 69.6 cm³/mol. The number of carbonyl (C=O) groups is 1. The fraction of sp³-hybridized carbons (Fsp3) is 0.417. The van der Waals surface area contributed by atoms with Gasteiger partial charge in [-0.1, -0.05) is 6.92 Å². The zero-order valence-corrected chi connectivity index (χ0v) is 10.8. The van der Waals surface area contributed by atoms with Gasteiger partial charge in [-0.25, -0.2) is 4.79 Å². The first-order chi connectivity index (χ1) is 8.95. The van der Waals surface area contributed by atoms with E-state index in [1.807, 2.05) is 6.92 Å². The maximum Gasteiger partial charge on any atom is 0.335 e. The normalized spacial score (nSPS) is 11.9. The van der Waals surface area contributed by atoms with Crippen LogP contribution in [-0.2, 0) is 4.74 Å². The summed E-state index contributed by atoms with van der Waals surface area (Å²) in [5.41, 5.74) is -0.0512. The van der Waals surface area contributed by atoms with Crippen molar-refractivity contribution in [1.29, 1.82) is 0 Å². The van der Waals surface area contributed by atoms with Gasteiger partial charge in [0.15, 0.2) is 0 Å². The summed E-state index contributed by atoms with van der Waals surface area (Å²) in [6, 6.07) is 3.78. The molecule has 0 amide bonds. The number of anilines is 1. The van der Waals surface area contributed by atoms with E-state index in [-0.39, 0.29) is 17.2 Å². The van der Waals surface area contributed by atoms with Gasteiger partial charge in [0.25, 0.3) is 5.69 Å². The molecule has 0 heterocycles. The minimum atomic E-state index is -1.19. The Labute approximate surface area is 110 Å². The maximum absolute atomic E-state index is 10.9. The lowest BCUT2D eigenvalue weighted by Gasteiger charge is -2.12. The van der Waals surface area contributed by atoms with Crippen LogP contribution in [0.15, 0.2) is 18.2 Å². The molecule has 1 aromatic rings. The minimum Gasteiger partial charge on any atom is -0.478 e. The molecular formula is C12H16N2O5. The summed E-state index contributed by atoms with van der Waals surface area (Å²) < 4.78 is 4.97. The smallest absolute Gasteiger partial charge is 0.335 e. The van der Waals surface area contributed by atoms with Crippen molar-refractivity contribution in [3.63, 3.8) is 0 Å². The Bertz CT molecular complexity index is 475. The van der Waals surface area contributed by atoms with Crippen LogP contribution in [0.1, 0.15) is 17.3 Å². The van der Waals surface area contributed by atoms with Crippen LogP contribution in [0.25, 0.3) is 0 Å². The molecule has 2 N–H and O–H groups in total. The fourth-order valence-corrected chi connectivity index (χ4v) is 1.59. The average Bonchev–Trinajstić information content (AvgIpc) is 2.36. The van der Waals surface area contributed by atoms with Gasteiger partial charge in [0.2, 0.25) is 0 Å². The van der Waals surface area contributed by atoms with Crippen LogP contribution in [0.5, 0.6) is 0 Å². The Hall–Kier alpha value is -2.15. The van der Waals surface area contributed by atoms with E-state index < -0.39 is 10.9 Å². The van der Waals surface area contributed by atoms with Gasteiger partial charge in [0.1, 0.15) is 5.69 Å². The second-order valence-electron chi connectivity index (χ2n) is 4.24. The molecule has 0 bridgehead atoms. The van der Waals surface area contributed by atoms with E-state index in [1.54, 1.807) is 7.11 Å². The first-order valence-corrected chi connectivity index (χ1v) is 5.70. The van der Waals surface area contributed by atoms with Crippen molar-refractivity contribution in [2.24, 2.45) is 5.92 Å². The van der Waals surface area contributed by atoms with Crippen LogP contribution in [-0.4, -0.2) is 36.3 Å². The summed E-state index contributed by atoms with van der Waals surface area (Å²) in [6.07, 6.45) is 0. The number of nitrogens with zero attached hydrogens (tertiary/aromatic N) is 1. The second kappa shape index (κ2) is 6.69. The lowest BCUT2D eigenvalue weighted by atomic mass is 10.1. The third kappa shape index (κ3) is 4.22. The Morgan fingerprint density at radius 1 is 1.58 bits per heavy atom. The highest BCUT2D eigenvalue weighted by atomic mass is 16.6. The van der Waals surface area contributed by atoms with Crippen LogP contribution in [0, 0.1) is 16.0 Å². The topological polar surface area (TPSA) is 102 Å². The Morgan fingerprint density at radius 2 is 2.26 bits per heavy atom. The molecule has 0 aliphatic rings. The highest BCUT2D eigenvalue weighted by Gasteiger charge is 2.17. The van der Waals surface area contributed by atoms with Crippen LogP contribution in [0.4, 0.5) is 11.4 Å². The standard InChI is InChI=1S/C12H16N2O5/c1-8(7-19-2)6-13-10-4-3-9(12(15)16)5-11(10)14(17)18/h3-5,8,13H,6-7H2,1-2H3,(H,15,16). The Kier molecular flexibility index (Phi) is 5.25. The van der Waals surface area contributed by atoms with Gasteiger partial charge in [-0.3, -0.25) is 10.1 Å². The van der Waals surface area contributed by atoms with Gasteiger partial charge in [-0.05, 0) is 18.1 Å². The lowest BCUT2D eigenvalue weighted by molar-refractivity contribution is -0.384. The highest BCUT2D eigenvalue weighted by Crippen LogP contribution is 2.25. The van der Waals surface area contributed by atoms with Crippen LogP contribution < -0.4 is 5.32 Å². The second-order valence-corrected chi connectivity index (χ2v) is 4.24. The van der Waals surface area contributed by atoms with Gasteiger partial charge in [-0.15, -0.1) is 0 Å². The number of carboxylic acid groups (broad SMARTS) is 1. The summed E-state index contributed by atoms with van der Waals surface area (Å²) in [7, 11) is 1.58. The van der Waals surface area contributed by atoms with Crippen LogP contribution in [0.2, 0.25) is 0 Å². The van der Waals surface area contributed by atoms with Gasteiger partial charge in [0, 0.05) is 19.7 Å². The Morgan fingerprint density at radius 3 is 2.79 bits per heavy atom. The van der Waals surface area contributed by atoms with E-state index in [0.717, 1.165) is 6.07 Å². The third-order valence-corrected chi connectivity index (χ3v) is 2.53. The van der Waals surface area contributed by atoms with Crippen molar-refractivity contribution in [1.82, 2.24) is 0 Å². The fourth-order valence-electron chi connectivity index (χ4n) is 1.59. The first kappa shape index (κ1) is 14.9. The molecule has 0 radical (unpaired) electrons. The highest BCUT2D eigenvalue weighted by molar-refractivity contribution is 5.89. The monoisotopic (exact) mass is 268 g/mol. The van der Waals surface area contributed by atoms with Crippen LogP contribution in [0.3, 0.4) is 0 Å². The van der Waals surface area contributed by atoms with Crippen molar-refractivity contribution >= 4 is 17.3 Å². The number of nitro groups is 1. The van der Waals surface area contributed by atoms with E-state index in [0.29, 0.717) is 18.8 Å². The molecule has 7 heteroatoms. The zero-order chi connectivity index (χ0) is 14.4. The van der Waals surface area contributed by atoms with E-state index in [1.165, 1.54) is 12.1 Å². The number of benzene rings is 1. The largest absolute Gasteiger partial charge is 0.478 e. The number of carboxylic acids is 1. The summed E-state index contributed by atoms with van der Waals surface area (Å²) in [6.45, 7) is 2.98. The molecule has 104 valence electrons. The number of methoxy groups -OCH3 is 1. The Balaban J connectivity index is 2.88. The summed E-state index contributed by atoms with van der Waals surface area (Å²) in [5.74, 6) is -1.01. The molecule has 0 saturated heterocycles. The zero-order valence-electron chi connectivity index (χ0n) is 10.8. The number of rotatable bonds is 7. The molecule has 0 aliphatic heterocycles. The molecule has 1 atom stereocenters. The predicted octanol–water partition coefficient (Wildman–Crippen LogP) is 1.99. The van der Waals surface area contributed by atoms with E-state index in [9.17, 15) is 14.9 Å². The number of hydrogen-bond donors (Lipinski definition) is 2. The SMILES string of the molecule is COCC(C)CNc1ccc(C(=O)O)cc1[N+](=O)[O-]. The minimum absolute atomic E-state index is 0.109. The number of nitrogens with one attached hydrogen (secondary N) is 1. The lowest BCUT2D eigenvalue weighted by Crippen LogP contribution is -2.16. The number of aromatic carboxylic acids is 1. The first-order valence-electron chi connectivity index (χ1n) is 5.70. The molecule has 0 aliphatic carbocycles. The van der Waals surface area contributed by atoms with Crippen molar-refractivity contribution in [2.75, 3.05) is 25.6 Å². The van der Waals surface area contributed by atoms with Gasteiger partial charge >= 0.3 is 5.97 Å². The van der Waals surface area contributed by atoms with E-state index in [4.69, 9.17) is 9.84 Å². The molecule has 0 aromatic heterocycles. The average molecular weight is 268 g/mol. The van der Waals surface area contributed by atoms with Crippen LogP contribution >= 0.6 is 0 Å². The summed E-state index contributed by atoms with van der Waals surface area (Å²) in [4.78, 5) is 21.1. The number of hydrogen-bond acceptors (Lipinski definition) is 5. The van der Waals surface area contributed by atoms with Crippen molar-refractivity contribution in [3.05, 3.63) is 33.9 Å². The van der Waals surface area contributed by atoms with E-state index >= 15 is 0 Å². The molecule has 0 saturated carbocycles. The molecule has 1 rings (SSSR count). The molecule has 19 heavy (non-hydrogen) atoms. The maximum atomic E-state index is 10.9. The van der Waals surface area contributed by atoms with Gasteiger partial charge in [-0.2, -0.15) is 0 Å². The van der Waals surface area contributed by atoms with E-state index in [2.05, 4.69) is 5.32 Å².